The summed E-state index contributed by atoms with van der Waals surface area (Å²) in [7, 11) is 0. The van der Waals surface area contributed by atoms with E-state index in [1.807, 2.05) is 13.8 Å². The zero-order valence-electron chi connectivity index (χ0n) is 8.07. The van der Waals surface area contributed by atoms with Gasteiger partial charge in [-0.2, -0.15) is 12.6 Å². The van der Waals surface area contributed by atoms with Gasteiger partial charge in [0.15, 0.2) is 0 Å². The second-order valence-corrected chi connectivity index (χ2v) is 3.91. The van der Waals surface area contributed by atoms with Gasteiger partial charge >= 0.3 is 0 Å². The monoisotopic (exact) mass is 204 g/mol. The van der Waals surface area contributed by atoms with E-state index in [2.05, 4.69) is 17.9 Å². The van der Waals surface area contributed by atoms with Gasteiger partial charge in [-0.15, -0.1) is 0 Å². The van der Waals surface area contributed by atoms with Gasteiger partial charge in [0.25, 0.3) is 0 Å². The summed E-state index contributed by atoms with van der Waals surface area (Å²) in [5.74, 6) is -0.653. The number of hydrogen-bond acceptors (Lipinski definition) is 3. The van der Waals surface area contributed by atoms with E-state index in [4.69, 9.17) is 5.73 Å². The molecule has 0 rings (SSSR count). The molecule has 0 fully saturated rings. The average molecular weight is 204 g/mol. The van der Waals surface area contributed by atoms with Crippen molar-refractivity contribution in [1.29, 1.82) is 0 Å². The van der Waals surface area contributed by atoms with Crippen LogP contribution in [0.4, 0.5) is 0 Å². The summed E-state index contributed by atoms with van der Waals surface area (Å²) < 4.78 is 0. The number of thiol groups is 1. The van der Waals surface area contributed by atoms with Gasteiger partial charge in [-0.3, -0.25) is 9.59 Å². The van der Waals surface area contributed by atoms with Crippen molar-refractivity contribution in [2.75, 3.05) is 0 Å². The van der Waals surface area contributed by atoms with Gasteiger partial charge in [-0.25, -0.2) is 0 Å². The van der Waals surface area contributed by atoms with Crippen molar-refractivity contribution in [3.05, 3.63) is 0 Å². The predicted molar refractivity (Wildman–Crippen MR) is 54.4 cm³/mol. The van der Waals surface area contributed by atoms with Crippen molar-refractivity contribution in [3.63, 3.8) is 0 Å². The first-order valence-electron chi connectivity index (χ1n) is 4.10. The number of amides is 2. The summed E-state index contributed by atoms with van der Waals surface area (Å²) in [6.07, 6.45) is 0. The third-order valence-electron chi connectivity index (χ3n) is 1.69. The molecule has 0 radical (unpaired) electrons. The molecule has 13 heavy (non-hydrogen) atoms. The Kier molecular flexibility index (Phi) is 4.83. The Labute approximate surface area is 83.7 Å². The Morgan fingerprint density at radius 1 is 1.38 bits per heavy atom. The Balaban J connectivity index is 4.41. The van der Waals surface area contributed by atoms with Gasteiger partial charge in [0.2, 0.25) is 11.8 Å². The lowest BCUT2D eigenvalue weighted by molar-refractivity contribution is -0.126. The maximum Gasteiger partial charge on any atom is 0.241 e. The third kappa shape index (κ3) is 4.17. The molecule has 0 aliphatic rings. The van der Waals surface area contributed by atoms with Crippen molar-refractivity contribution < 1.29 is 9.59 Å². The van der Waals surface area contributed by atoms with Crippen LogP contribution >= 0.6 is 12.6 Å². The number of primary amides is 1. The predicted octanol–water partition coefficient (Wildman–Crippen LogP) is -0.0692. The summed E-state index contributed by atoms with van der Waals surface area (Å²) in [5.41, 5.74) is 5.12. The standard InChI is InChI=1S/C8H16N2O2S/c1-4(2)7(13)6(8(9)12)10-5(3)11/h4,6-7,13H,1-3H3,(H2,9,12)(H,10,11). The van der Waals surface area contributed by atoms with Gasteiger partial charge in [0.1, 0.15) is 6.04 Å². The summed E-state index contributed by atoms with van der Waals surface area (Å²) in [5, 5.41) is 2.22. The van der Waals surface area contributed by atoms with Gasteiger partial charge < -0.3 is 11.1 Å². The molecule has 0 aromatic heterocycles. The van der Waals surface area contributed by atoms with Gasteiger partial charge in [-0.1, -0.05) is 13.8 Å². The summed E-state index contributed by atoms with van der Waals surface area (Å²) in [6, 6.07) is -0.694. The molecule has 0 bridgehead atoms. The molecule has 2 atom stereocenters. The summed E-state index contributed by atoms with van der Waals surface area (Å²) in [4.78, 5) is 21.7. The van der Waals surface area contributed by atoms with Gasteiger partial charge in [0, 0.05) is 12.2 Å². The fourth-order valence-electron chi connectivity index (χ4n) is 0.929. The van der Waals surface area contributed by atoms with Crippen LogP contribution in [0.1, 0.15) is 20.8 Å². The van der Waals surface area contributed by atoms with E-state index in [-0.39, 0.29) is 17.1 Å². The first-order chi connectivity index (χ1) is 5.86. The number of nitrogens with one attached hydrogen (secondary N) is 1. The number of carbonyl (C=O) groups excluding carboxylic acids is 2. The molecular weight excluding hydrogens is 188 g/mol. The fraction of sp³-hybridized carbons (Fsp3) is 0.750. The molecule has 2 amide bonds. The number of hydrogen-bond donors (Lipinski definition) is 3. The Bertz CT molecular complexity index is 206. The number of carbonyl (C=O) groups is 2. The molecule has 4 nitrogen and oxygen atoms in total. The topological polar surface area (TPSA) is 72.2 Å². The van der Waals surface area contributed by atoms with Crippen molar-refractivity contribution in [1.82, 2.24) is 5.32 Å². The van der Waals surface area contributed by atoms with Crippen LogP contribution in [0.5, 0.6) is 0 Å². The molecule has 3 N–H and O–H groups in total. The summed E-state index contributed by atoms with van der Waals surface area (Å²) in [6.45, 7) is 5.17. The molecule has 76 valence electrons. The Hall–Kier alpha value is -0.710. The van der Waals surface area contributed by atoms with Crippen LogP contribution < -0.4 is 11.1 Å². The Morgan fingerprint density at radius 2 is 1.85 bits per heavy atom. The van der Waals surface area contributed by atoms with Gasteiger partial charge in [0.05, 0.1) is 0 Å². The molecule has 0 aliphatic carbocycles. The first kappa shape index (κ1) is 12.3. The van der Waals surface area contributed by atoms with Crippen LogP contribution in [0.25, 0.3) is 0 Å². The van der Waals surface area contributed by atoms with Crippen LogP contribution in [-0.4, -0.2) is 23.1 Å². The quantitative estimate of drug-likeness (QED) is 0.561. The van der Waals surface area contributed by atoms with E-state index in [9.17, 15) is 9.59 Å². The lowest BCUT2D eigenvalue weighted by Gasteiger charge is -2.23. The molecule has 2 unspecified atom stereocenters. The zero-order chi connectivity index (χ0) is 10.6. The van der Waals surface area contributed by atoms with E-state index in [1.165, 1.54) is 6.92 Å². The third-order valence-corrected chi connectivity index (χ3v) is 2.58. The highest BCUT2D eigenvalue weighted by Gasteiger charge is 2.26. The van der Waals surface area contributed by atoms with E-state index < -0.39 is 11.9 Å². The zero-order valence-corrected chi connectivity index (χ0v) is 8.97. The fourth-order valence-corrected chi connectivity index (χ4v) is 1.15. The largest absolute Gasteiger partial charge is 0.368 e. The SMILES string of the molecule is CC(=O)NC(C(N)=O)C(S)C(C)C. The number of rotatable bonds is 4. The van der Waals surface area contributed by atoms with Gasteiger partial charge in [-0.05, 0) is 5.92 Å². The highest BCUT2D eigenvalue weighted by Crippen LogP contribution is 2.13. The smallest absolute Gasteiger partial charge is 0.241 e. The Morgan fingerprint density at radius 3 is 2.08 bits per heavy atom. The van der Waals surface area contributed by atoms with Crippen molar-refractivity contribution >= 4 is 24.4 Å². The minimum absolute atomic E-state index is 0.174. The average Bonchev–Trinajstić information content (AvgIpc) is 1.97. The van der Waals surface area contributed by atoms with Crippen LogP contribution in [0.2, 0.25) is 0 Å². The maximum absolute atomic E-state index is 10.9. The van der Waals surface area contributed by atoms with Crippen LogP contribution in [0.3, 0.4) is 0 Å². The molecule has 0 saturated heterocycles. The van der Waals surface area contributed by atoms with Crippen molar-refractivity contribution in [2.24, 2.45) is 11.7 Å². The minimum Gasteiger partial charge on any atom is -0.368 e. The highest BCUT2D eigenvalue weighted by molar-refractivity contribution is 7.81. The lowest BCUT2D eigenvalue weighted by Crippen LogP contribution is -2.50. The van der Waals surface area contributed by atoms with E-state index in [1.54, 1.807) is 0 Å². The molecular formula is C8H16N2O2S. The molecule has 0 spiro atoms. The van der Waals surface area contributed by atoms with Crippen LogP contribution in [0.15, 0.2) is 0 Å². The van der Waals surface area contributed by atoms with Crippen molar-refractivity contribution in [2.45, 2.75) is 32.1 Å². The number of nitrogens with two attached hydrogens (primary N) is 1. The van der Waals surface area contributed by atoms with Crippen molar-refractivity contribution in [3.8, 4) is 0 Å². The van der Waals surface area contributed by atoms with Crippen LogP contribution in [-0.2, 0) is 9.59 Å². The molecule has 0 aliphatic heterocycles. The maximum atomic E-state index is 10.9. The first-order valence-corrected chi connectivity index (χ1v) is 4.62. The minimum atomic E-state index is -0.694. The highest BCUT2D eigenvalue weighted by atomic mass is 32.1. The van der Waals surface area contributed by atoms with E-state index >= 15 is 0 Å². The second kappa shape index (κ2) is 5.11. The molecule has 0 saturated carbocycles. The summed E-state index contributed by atoms with van der Waals surface area (Å²) >= 11 is 4.22. The second-order valence-electron chi connectivity index (χ2n) is 3.32. The molecule has 0 heterocycles. The molecule has 5 heteroatoms. The van der Waals surface area contributed by atoms with Crippen LogP contribution in [0, 0.1) is 5.92 Å². The molecule has 0 aromatic carbocycles. The van der Waals surface area contributed by atoms with E-state index in [0.717, 1.165) is 0 Å². The lowest BCUT2D eigenvalue weighted by atomic mass is 10.0. The molecule has 0 aromatic rings. The normalized spacial score (nSPS) is 15.2. The van der Waals surface area contributed by atoms with E-state index in [0.29, 0.717) is 0 Å².